The molecule has 0 saturated heterocycles. The van der Waals surface area contributed by atoms with E-state index in [0.717, 1.165) is 19.3 Å². The van der Waals surface area contributed by atoms with E-state index >= 15 is 0 Å². The van der Waals surface area contributed by atoms with E-state index in [1.807, 2.05) is 13.8 Å². The second-order valence-corrected chi connectivity index (χ2v) is 6.53. The number of phenolic OH excluding ortho intramolecular Hbond substituents is 1. The Morgan fingerprint density at radius 1 is 1.15 bits per heavy atom. The van der Waals surface area contributed by atoms with E-state index in [1.54, 1.807) is 0 Å². The smallest absolute Gasteiger partial charge is 0.346 e. The zero-order valence-corrected chi connectivity index (χ0v) is 16.6. The molecule has 0 unspecified atom stereocenters. The summed E-state index contributed by atoms with van der Waals surface area (Å²) in [5.41, 5.74) is -0.693. The van der Waals surface area contributed by atoms with E-state index < -0.39 is 23.1 Å². The number of hydrogen-bond acceptors (Lipinski definition) is 5. The van der Waals surface area contributed by atoms with E-state index in [0.29, 0.717) is 24.8 Å². The highest BCUT2D eigenvalue weighted by molar-refractivity contribution is 6.17. The SMILES string of the molecule is CCCCCC(CC)(CC)OC(=O)C(=Cc1ccc(O)c(OC)c1)C(=O)O. The molecule has 0 saturated carbocycles. The number of carbonyl (C=O) groups is 2. The molecule has 0 heterocycles. The fourth-order valence-corrected chi connectivity index (χ4v) is 2.91. The number of aromatic hydroxyl groups is 1. The Morgan fingerprint density at radius 3 is 2.33 bits per heavy atom. The van der Waals surface area contributed by atoms with E-state index in [-0.39, 0.29) is 11.5 Å². The largest absolute Gasteiger partial charge is 0.504 e. The number of rotatable bonds is 11. The van der Waals surface area contributed by atoms with Crippen LogP contribution >= 0.6 is 0 Å². The molecular weight excluding hydrogens is 348 g/mol. The highest BCUT2D eigenvalue weighted by Gasteiger charge is 2.33. The number of carboxylic acid groups (broad SMARTS) is 1. The molecule has 0 spiro atoms. The molecule has 1 aromatic rings. The van der Waals surface area contributed by atoms with Crippen LogP contribution in [0.2, 0.25) is 0 Å². The van der Waals surface area contributed by atoms with Gasteiger partial charge in [0, 0.05) is 0 Å². The van der Waals surface area contributed by atoms with E-state index in [1.165, 1.54) is 31.4 Å². The number of ether oxygens (including phenoxy) is 2. The van der Waals surface area contributed by atoms with Crippen LogP contribution in [0, 0.1) is 0 Å². The van der Waals surface area contributed by atoms with Gasteiger partial charge in [0.05, 0.1) is 7.11 Å². The molecule has 6 heteroatoms. The molecule has 0 fully saturated rings. The summed E-state index contributed by atoms with van der Waals surface area (Å²) in [6.07, 6.45) is 6.20. The van der Waals surface area contributed by atoms with Crippen molar-refractivity contribution in [3.8, 4) is 11.5 Å². The molecule has 2 N–H and O–H groups in total. The summed E-state index contributed by atoms with van der Waals surface area (Å²) >= 11 is 0. The number of benzene rings is 1. The maximum Gasteiger partial charge on any atom is 0.346 e. The van der Waals surface area contributed by atoms with Gasteiger partial charge < -0.3 is 19.7 Å². The first-order chi connectivity index (χ1) is 12.8. The minimum absolute atomic E-state index is 0.0685. The van der Waals surface area contributed by atoms with Crippen molar-refractivity contribution in [3.05, 3.63) is 29.3 Å². The summed E-state index contributed by atoms with van der Waals surface area (Å²) in [5.74, 6) is -2.09. The van der Waals surface area contributed by atoms with Crippen molar-refractivity contribution >= 4 is 18.0 Å². The van der Waals surface area contributed by atoms with Gasteiger partial charge in [-0.3, -0.25) is 0 Å². The average molecular weight is 378 g/mol. The summed E-state index contributed by atoms with van der Waals surface area (Å²) < 4.78 is 10.7. The Labute approximate surface area is 160 Å². The summed E-state index contributed by atoms with van der Waals surface area (Å²) in [5, 5.41) is 19.1. The van der Waals surface area contributed by atoms with Crippen LogP contribution in [0.4, 0.5) is 0 Å². The molecule has 6 nitrogen and oxygen atoms in total. The molecule has 0 atom stereocenters. The molecule has 0 aromatic heterocycles. The van der Waals surface area contributed by atoms with Crippen molar-refractivity contribution in [1.82, 2.24) is 0 Å². The number of hydrogen-bond donors (Lipinski definition) is 2. The summed E-state index contributed by atoms with van der Waals surface area (Å²) in [6.45, 7) is 5.98. The van der Waals surface area contributed by atoms with Crippen molar-refractivity contribution in [3.63, 3.8) is 0 Å². The van der Waals surface area contributed by atoms with Crippen LogP contribution in [-0.2, 0) is 14.3 Å². The minimum Gasteiger partial charge on any atom is -0.504 e. The maximum atomic E-state index is 12.6. The summed E-state index contributed by atoms with van der Waals surface area (Å²) in [6, 6.07) is 4.34. The number of esters is 1. The maximum absolute atomic E-state index is 12.6. The van der Waals surface area contributed by atoms with Crippen molar-refractivity contribution in [1.29, 1.82) is 0 Å². The fourth-order valence-electron chi connectivity index (χ4n) is 2.91. The van der Waals surface area contributed by atoms with Gasteiger partial charge in [-0.15, -0.1) is 0 Å². The van der Waals surface area contributed by atoms with Gasteiger partial charge in [-0.25, -0.2) is 9.59 Å². The Balaban J connectivity index is 3.11. The Bertz CT molecular complexity index is 673. The molecular formula is C21H30O6. The fraction of sp³-hybridized carbons (Fsp3) is 0.524. The number of unbranched alkanes of at least 4 members (excludes halogenated alkanes) is 2. The highest BCUT2D eigenvalue weighted by Crippen LogP contribution is 2.30. The Hall–Kier alpha value is -2.50. The second-order valence-electron chi connectivity index (χ2n) is 6.53. The van der Waals surface area contributed by atoms with Gasteiger partial charge in [-0.05, 0) is 49.5 Å². The van der Waals surface area contributed by atoms with Crippen molar-refractivity contribution in [2.24, 2.45) is 0 Å². The third kappa shape index (κ3) is 6.31. The quantitative estimate of drug-likeness (QED) is 0.193. The van der Waals surface area contributed by atoms with Gasteiger partial charge in [0.1, 0.15) is 11.2 Å². The zero-order valence-electron chi connectivity index (χ0n) is 16.6. The summed E-state index contributed by atoms with van der Waals surface area (Å²) in [7, 11) is 1.39. The first kappa shape index (κ1) is 22.5. The van der Waals surface area contributed by atoms with Crippen LogP contribution < -0.4 is 4.74 Å². The topological polar surface area (TPSA) is 93.1 Å². The normalized spacial score (nSPS) is 11.9. The molecule has 1 rings (SSSR count). The van der Waals surface area contributed by atoms with Crippen LogP contribution in [0.25, 0.3) is 6.08 Å². The number of carboxylic acids is 1. The Kier molecular flexibility index (Phi) is 8.85. The van der Waals surface area contributed by atoms with Crippen molar-refractivity contribution in [2.45, 2.75) is 64.9 Å². The molecule has 0 aliphatic rings. The molecule has 0 aliphatic heterocycles. The lowest BCUT2D eigenvalue weighted by atomic mass is 9.90. The van der Waals surface area contributed by atoms with Crippen LogP contribution in [0.1, 0.15) is 64.9 Å². The average Bonchev–Trinajstić information content (AvgIpc) is 2.66. The third-order valence-electron chi connectivity index (χ3n) is 4.80. The van der Waals surface area contributed by atoms with Crippen LogP contribution in [0.3, 0.4) is 0 Å². The molecule has 150 valence electrons. The standard InChI is InChI=1S/C21H30O6/c1-5-8-9-12-21(6-2,7-3)27-20(25)16(19(23)24)13-15-10-11-17(22)18(14-15)26-4/h10-11,13-14,22H,5-9,12H2,1-4H3,(H,23,24). The minimum atomic E-state index is -1.36. The molecule has 27 heavy (non-hydrogen) atoms. The van der Waals surface area contributed by atoms with Crippen LogP contribution in [-0.4, -0.2) is 34.9 Å². The van der Waals surface area contributed by atoms with E-state index in [4.69, 9.17) is 9.47 Å². The Morgan fingerprint density at radius 2 is 1.81 bits per heavy atom. The molecule has 0 aliphatic carbocycles. The van der Waals surface area contributed by atoms with Gasteiger partial charge in [-0.1, -0.05) is 39.7 Å². The number of aliphatic carboxylic acids is 1. The first-order valence-corrected chi connectivity index (χ1v) is 9.37. The van der Waals surface area contributed by atoms with E-state index in [9.17, 15) is 19.8 Å². The van der Waals surface area contributed by atoms with Gasteiger partial charge in [0.2, 0.25) is 0 Å². The molecule has 0 amide bonds. The lowest BCUT2D eigenvalue weighted by Crippen LogP contribution is -2.35. The number of phenols is 1. The molecule has 0 radical (unpaired) electrons. The van der Waals surface area contributed by atoms with Crippen molar-refractivity contribution < 1.29 is 29.3 Å². The molecule has 1 aromatic carbocycles. The van der Waals surface area contributed by atoms with E-state index in [2.05, 4.69) is 6.92 Å². The van der Waals surface area contributed by atoms with Gasteiger partial charge >= 0.3 is 11.9 Å². The van der Waals surface area contributed by atoms with Gasteiger partial charge in [0.15, 0.2) is 11.5 Å². The lowest BCUT2D eigenvalue weighted by Gasteiger charge is -2.31. The predicted molar refractivity (Wildman–Crippen MR) is 104 cm³/mol. The predicted octanol–water partition coefficient (Wildman–Crippen LogP) is 4.55. The highest BCUT2D eigenvalue weighted by atomic mass is 16.6. The lowest BCUT2D eigenvalue weighted by molar-refractivity contribution is -0.158. The second kappa shape index (κ2) is 10.6. The van der Waals surface area contributed by atoms with Gasteiger partial charge in [-0.2, -0.15) is 0 Å². The third-order valence-corrected chi connectivity index (χ3v) is 4.80. The number of methoxy groups -OCH3 is 1. The first-order valence-electron chi connectivity index (χ1n) is 9.37. The number of carbonyl (C=O) groups excluding carboxylic acids is 1. The van der Waals surface area contributed by atoms with Crippen LogP contribution in [0.5, 0.6) is 11.5 Å². The van der Waals surface area contributed by atoms with Crippen molar-refractivity contribution in [2.75, 3.05) is 7.11 Å². The molecule has 0 bridgehead atoms. The monoisotopic (exact) mass is 378 g/mol. The zero-order chi connectivity index (χ0) is 20.4. The van der Waals surface area contributed by atoms with Gasteiger partial charge in [0.25, 0.3) is 0 Å². The van der Waals surface area contributed by atoms with Crippen LogP contribution in [0.15, 0.2) is 23.8 Å². The summed E-state index contributed by atoms with van der Waals surface area (Å²) in [4.78, 5) is 24.3.